The standard InChI is InChI=1S/C25H32N2O3/c1-5-6-16-27-23(28)15-14-20(24(27)19-11-7-8-13-22(19)30-4)25(29)26-21-12-9-10-17(2)18(21)3/h7-13,20,24H,5-6,14-16H2,1-4H3,(H,26,29)/t20-,24+/m1/s1. The van der Waals surface area contributed by atoms with Gasteiger partial charge in [0.25, 0.3) is 0 Å². The molecule has 5 heteroatoms. The van der Waals surface area contributed by atoms with Gasteiger partial charge in [0.05, 0.1) is 19.1 Å². The lowest BCUT2D eigenvalue weighted by Gasteiger charge is -2.41. The Labute approximate surface area is 179 Å². The van der Waals surface area contributed by atoms with Crippen molar-refractivity contribution in [2.24, 2.45) is 5.92 Å². The molecule has 3 rings (SSSR count). The molecule has 0 bridgehead atoms. The lowest BCUT2D eigenvalue weighted by Crippen LogP contribution is -2.47. The van der Waals surface area contributed by atoms with Crippen LogP contribution in [0, 0.1) is 19.8 Å². The number of carbonyl (C=O) groups is 2. The van der Waals surface area contributed by atoms with Crippen molar-refractivity contribution in [2.75, 3.05) is 19.0 Å². The Kier molecular flexibility index (Phi) is 7.14. The third-order valence-electron chi connectivity index (χ3n) is 6.12. The number of aryl methyl sites for hydroxylation is 1. The lowest BCUT2D eigenvalue weighted by atomic mass is 9.83. The average Bonchev–Trinajstić information content (AvgIpc) is 2.75. The minimum atomic E-state index is -0.337. The Bertz CT molecular complexity index is 909. The van der Waals surface area contributed by atoms with E-state index in [0.29, 0.717) is 25.1 Å². The summed E-state index contributed by atoms with van der Waals surface area (Å²) in [5.74, 6) is 0.433. The fourth-order valence-corrected chi connectivity index (χ4v) is 4.23. The van der Waals surface area contributed by atoms with Gasteiger partial charge in [-0.2, -0.15) is 0 Å². The Balaban J connectivity index is 1.98. The number of likely N-dealkylation sites (tertiary alicyclic amines) is 1. The Morgan fingerprint density at radius 1 is 1.17 bits per heavy atom. The minimum absolute atomic E-state index is 0.0476. The zero-order valence-electron chi connectivity index (χ0n) is 18.4. The molecule has 0 radical (unpaired) electrons. The SMILES string of the molecule is CCCCN1C(=O)CC[C@@H](C(=O)Nc2cccc(C)c2C)[C@@H]1c1ccccc1OC. The summed E-state index contributed by atoms with van der Waals surface area (Å²) in [5.41, 5.74) is 3.92. The first-order chi connectivity index (χ1) is 14.5. The molecule has 0 saturated carbocycles. The number of benzene rings is 2. The number of rotatable bonds is 7. The normalized spacial score (nSPS) is 18.9. The zero-order valence-corrected chi connectivity index (χ0v) is 18.4. The molecule has 0 spiro atoms. The molecule has 160 valence electrons. The van der Waals surface area contributed by atoms with Gasteiger partial charge in [-0.15, -0.1) is 0 Å². The smallest absolute Gasteiger partial charge is 0.229 e. The van der Waals surface area contributed by atoms with Gasteiger partial charge in [-0.05, 0) is 49.9 Å². The first kappa shape index (κ1) is 21.9. The van der Waals surface area contributed by atoms with Gasteiger partial charge in [0.1, 0.15) is 5.75 Å². The number of carbonyl (C=O) groups excluding carboxylic acids is 2. The van der Waals surface area contributed by atoms with Gasteiger partial charge in [0.15, 0.2) is 0 Å². The van der Waals surface area contributed by atoms with Gasteiger partial charge in [0.2, 0.25) is 11.8 Å². The summed E-state index contributed by atoms with van der Waals surface area (Å²) in [6, 6.07) is 13.3. The van der Waals surface area contributed by atoms with E-state index in [2.05, 4.69) is 12.2 Å². The molecule has 1 saturated heterocycles. The number of nitrogens with one attached hydrogen (secondary N) is 1. The molecule has 2 amide bonds. The van der Waals surface area contributed by atoms with E-state index in [1.54, 1.807) is 7.11 Å². The Hall–Kier alpha value is -2.82. The van der Waals surface area contributed by atoms with E-state index in [1.165, 1.54) is 0 Å². The Morgan fingerprint density at radius 2 is 1.93 bits per heavy atom. The van der Waals surface area contributed by atoms with Crippen LogP contribution < -0.4 is 10.1 Å². The fourth-order valence-electron chi connectivity index (χ4n) is 4.23. The van der Waals surface area contributed by atoms with Crippen LogP contribution in [0.4, 0.5) is 5.69 Å². The maximum absolute atomic E-state index is 13.5. The molecular formula is C25H32N2O3. The maximum Gasteiger partial charge on any atom is 0.229 e. The van der Waals surface area contributed by atoms with Crippen molar-refractivity contribution in [3.8, 4) is 5.75 Å². The van der Waals surface area contributed by atoms with Gasteiger partial charge >= 0.3 is 0 Å². The highest BCUT2D eigenvalue weighted by atomic mass is 16.5. The van der Waals surface area contributed by atoms with Crippen LogP contribution >= 0.6 is 0 Å². The highest BCUT2D eigenvalue weighted by molar-refractivity contribution is 5.95. The van der Waals surface area contributed by atoms with Crippen LogP contribution in [-0.4, -0.2) is 30.4 Å². The Morgan fingerprint density at radius 3 is 2.67 bits per heavy atom. The second-order valence-electron chi connectivity index (χ2n) is 8.01. The van der Waals surface area contributed by atoms with Crippen molar-refractivity contribution in [3.63, 3.8) is 0 Å². The quantitative estimate of drug-likeness (QED) is 0.699. The molecule has 1 aliphatic heterocycles. The van der Waals surface area contributed by atoms with Crippen molar-refractivity contribution in [1.29, 1.82) is 0 Å². The predicted octanol–water partition coefficient (Wildman–Crippen LogP) is 5.03. The van der Waals surface area contributed by atoms with Crippen molar-refractivity contribution in [2.45, 2.75) is 52.5 Å². The third kappa shape index (κ3) is 4.50. The number of piperidine rings is 1. The molecule has 1 heterocycles. The maximum atomic E-state index is 13.5. The molecule has 0 aliphatic carbocycles. The predicted molar refractivity (Wildman–Crippen MR) is 120 cm³/mol. The van der Waals surface area contributed by atoms with Crippen molar-refractivity contribution in [3.05, 3.63) is 59.2 Å². The molecule has 2 aromatic rings. The van der Waals surface area contributed by atoms with E-state index in [0.717, 1.165) is 35.2 Å². The topological polar surface area (TPSA) is 58.6 Å². The van der Waals surface area contributed by atoms with Crippen LogP contribution in [0.15, 0.2) is 42.5 Å². The van der Waals surface area contributed by atoms with E-state index in [1.807, 2.05) is 61.2 Å². The third-order valence-corrected chi connectivity index (χ3v) is 6.12. The van der Waals surface area contributed by atoms with E-state index < -0.39 is 0 Å². The molecule has 1 aliphatic rings. The molecule has 0 aromatic heterocycles. The monoisotopic (exact) mass is 408 g/mol. The highest BCUT2D eigenvalue weighted by Gasteiger charge is 2.41. The second kappa shape index (κ2) is 9.79. The number of nitrogens with zero attached hydrogens (tertiary/aromatic N) is 1. The number of methoxy groups -OCH3 is 1. The lowest BCUT2D eigenvalue weighted by molar-refractivity contribution is -0.142. The minimum Gasteiger partial charge on any atom is -0.496 e. The molecule has 2 atom stereocenters. The molecule has 1 fully saturated rings. The van der Waals surface area contributed by atoms with E-state index >= 15 is 0 Å². The number of hydrogen-bond acceptors (Lipinski definition) is 3. The number of unbranched alkanes of at least 4 members (excludes halogenated alkanes) is 1. The average molecular weight is 409 g/mol. The summed E-state index contributed by atoms with van der Waals surface area (Å²) < 4.78 is 5.60. The summed E-state index contributed by atoms with van der Waals surface area (Å²) in [6.07, 6.45) is 2.81. The number of amides is 2. The van der Waals surface area contributed by atoms with Crippen LogP contribution in [-0.2, 0) is 9.59 Å². The van der Waals surface area contributed by atoms with Crippen molar-refractivity contribution < 1.29 is 14.3 Å². The van der Waals surface area contributed by atoms with Gasteiger partial charge in [0, 0.05) is 24.2 Å². The summed E-state index contributed by atoms with van der Waals surface area (Å²) >= 11 is 0. The van der Waals surface area contributed by atoms with Crippen molar-refractivity contribution in [1.82, 2.24) is 4.90 Å². The first-order valence-electron chi connectivity index (χ1n) is 10.8. The van der Waals surface area contributed by atoms with Crippen LogP contribution in [0.2, 0.25) is 0 Å². The molecular weight excluding hydrogens is 376 g/mol. The highest BCUT2D eigenvalue weighted by Crippen LogP contribution is 2.41. The van der Waals surface area contributed by atoms with E-state index in [9.17, 15) is 9.59 Å². The van der Waals surface area contributed by atoms with Gasteiger partial charge < -0.3 is 15.0 Å². The second-order valence-corrected chi connectivity index (χ2v) is 8.01. The molecule has 5 nitrogen and oxygen atoms in total. The summed E-state index contributed by atoms with van der Waals surface area (Å²) in [5, 5.41) is 3.13. The van der Waals surface area contributed by atoms with Gasteiger partial charge in [-0.25, -0.2) is 0 Å². The summed E-state index contributed by atoms with van der Waals surface area (Å²) in [4.78, 5) is 28.2. The van der Waals surface area contributed by atoms with Crippen LogP contribution in [0.3, 0.4) is 0 Å². The van der Waals surface area contributed by atoms with Crippen LogP contribution in [0.25, 0.3) is 0 Å². The number of ether oxygens (including phenoxy) is 1. The van der Waals surface area contributed by atoms with Crippen LogP contribution in [0.5, 0.6) is 5.75 Å². The summed E-state index contributed by atoms with van der Waals surface area (Å²) in [7, 11) is 1.63. The van der Waals surface area contributed by atoms with Crippen LogP contribution in [0.1, 0.15) is 55.3 Å². The molecule has 0 unspecified atom stereocenters. The first-order valence-corrected chi connectivity index (χ1v) is 10.8. The number of para-hydroxylation sites is 1. The van der Waals surface area contributed by atoms with Crippen molar-refractivity contribution >= 4 is 17.5 Å². The summed E-state index contributed by atoms with van der Waals surface area (Å²) in [6.45, 7) is 6.80. The van der Waals surface area contributed by atoms with Gasteiger partial charge in [-0.3, -0.25) is 9.59 Å². The van der Waals surface area contributed by atoms with E-state index in [4.69, 9.17) is 4.74 Å². The zero-order chi connectivity index (χ0) is 21.7. The fraction of sp³-hybridized carbons (Fsp3) is 0.440. The molecule has 30 heavy (non-hydrogen) atoms. The largest absolute Gasteiger partial charge is 0.496 e. The molecule has 2 aromatic carbocycles. The number of anilines is 1. The number of hydrogen-bond donors (Lipinski definition) is 1. The van der Waals surface area contributed by atoms with E-state index in [-0.39, 0.29) is 23.8 Å². The molecule has 1 N–H and O–H groups in total. The van der Waals surface area contributed by atoms with Gasteiger partial charge in [-0.1, -0.05) is 43.7 Å².